The molecule has 0 aliphatic rings. The number of benzene rings is 2. The van der Waals surface area contributed by atoms with E-state index < -0.39 is 23.8 Å². The van der Waals surface area contributed by atoms with Gasteiger partial charge in [0.2, 0.25) is 0 Å². The number of ether oxygens (including phenoxy) is 2. The topological polar surface area (TPSA) is 64.6 Å². The van der Waals surface area contributed by atoms with Crippen LogP contribution in [0.3, 0.4) is 0 Å². The number of esters is 1. The molecule has 0 radical (unpaired) electrons. The van der Waals surface area contributed by atoms with E-state index in [0.717, 1.165) is 0 Å². The summed E-state index contributed by atoms with van der Waals surface area (Å²) in [6.45, 7) is 1.74. The van der Waals surface area contributed by atoms with Crippen LogP contribution in [0.5, 0.6) is 5.75 Å². The molecular formula is C18H17ClFNO4. The predicted octanol–water partition coefficient (Wildman–Crippen LogP) is 4.06. The van der Waals surface area contributed by atoms with E-state index in [4.69, 9.17) is 16.3 Å². The van der Waals surface area contributed by atoms with Gasteiger partial charge >= 0.3 is 5.97 Å². The molecule has 2 aromatic carbocycles. The van der Waals surface area contributed by atoms with Gasteiger partial charge < -0.3 is 14.8 Å². The van der Waals surface area contributed by atoms with Crippen LogP contribution in [-0.2, 0) is 9.53 Å². The first-order valence-electron chi connectivity index (χ1n) is 7.56. The van der Waals surface area contributed by atoms with E-state index in [1.165, 1.54) is 37.4 Å². The lowest BCUT2D eigenvalue weighted by Gasteiger charge is -2.18. The number of hydrogen-bond donors (Lipinski definition) is 1. The minimum absolute atomic E-state index is 0.00384. The second kappa shape index (κ2) is 8.48. The van der Waals surface area contributed by atoms with E-state index >= 15 is 0 Å². The van der Waals surface area contributed by atoms with Crippen molar-refractivity contribution in [2.45, 2.75) is 19.4 Å². The Balaban J connectivity index is 2.14. The lowest BCUT2D eigenvalue weighted by molar-refractivity contribution is -0.122. The van der Waals surface area contributed by atoms with Crippen LogP contribution < -0.4 is 10.1 Å². The Morgan fingerprint density at radius 3 is 2.60 bits per heavy atom. The van der Waals surface area contributed by atoms with Crippen molar-refractivity contribution in [3.8, 4) is 5.75 Å². The maximum absolute atomic E-state index is 13.7. The Labute approximate surface area is 149 Å². The summed E-state index contributed by atoms with van der Waals surface area (Å²) in [5.41, 5.74) is 0.482. The zero-order valence-corrected chi connectivity index (χ0v) is 14.5. The summed E-state index contributed by atoms with van der Waals surface area (Å²) in [6.07, 6.45) is -0.563. The summed E-state index contributed by atoms with van der Waals surface area (Å²) in [5, 5.41) is 2.83. The highest BCUT2D eigenvalue weighted by molar-refractivity contribution is 6.33. The fourth-order valence-electron chi connectivity index (χ4n) is 2.11. The average Bonchev–Trinajstić information content (AvgIpc) is 2.61. The summed E-state index contributed by atoms with van der Waals surface area (Å²) in [6, 6.07) is 10.3. The highest BCUT2D eigenvalue weighted by Crippen LogP contribution is 2.23. The third-order valence-electron chi connectivity index (χ3n) is 3.41. The zero-order chi connectivity index (χ0) is 18.4. The molecule has 0 heterocycles. The lowest BCUT2D eigenvalue weighted by atomic mass is 10.2. The molecule has 1 atom stereocenters. The van der Waals surface area contributed by atoms with Crippen molar-refractivity contribution < 1.29 is 23.5 Å². The summed E-state index contributed by atoms with van der Waals surface area (Å²) >= 11 is 5.94. The third kappa shape index (κ3) is 4.70. The number of methoxy groups -OCH3 is 1. The van der Waals surface area contributed by atoms with E-state index in [1.54, 1.807) is 19.1 Å². The summed E-state index contributed by atoms with van der Waals surface area (Å²) in [4.78, 5) is 24.0. The van der Waals surface area contributed by atoms with Crippen molar-refractivity contribution in [2.24, 2.45) is 0 Å². The number of carbonyl (C=O) groups is 2. The number of halogens is 2. The fourth-order valence-corrected chi connectivity index (χ4v) is 2.30. The van der Waals surface area contributed by atoms with Crippen molar-refractivity contribution in [3.63, 3.8) is 0 Å². The first kappa shape index (κ1) is 18.7. The van der Waals surface area contributed by atoms with Gasteiger partial charge in [-0.05, 0) is 36.8 Å². The third-order valence-corrected chi connectivity index (χ3v) is 3.74. The molecule has 25 heavy (non-hydrogen) atoms. The number of carbonyl (C=O) groups excluding carboxylic acids is 2. The second-order valence-electron chi connectivity index (χ2n) is 5.12. The number of hydrogen-bond acceptors (Lipinski definition) is 4. The molecule has 2 rings (SSSR count). The van der Waals surface area contributed by atoms with Crippen molar-refractivity contribution in [1.29, 1.82) is 0 Å². The highest BCUT2D eigenvalue weighted by Gasteiger charge is 2.21. The van der Waals surface area contributed by atoms with Gasteiger partial charge in [0.1, 0.15) is 0 Å². The second-order valence-corrected chi connectivity index (χ2v) is 5.53. The largest absolute Gasteiger partial charge is 0.478 e. The quantitative estimate of drug-likeness (QED) is 0.784. The minimum atomic E-state index is -0.894. The minimum Gasteiger partial charge on any atom is -0.478 e. The molecule has 0 aliphatic carbocycles. The van der Waals surface area contributed by atoms with Crippen LogP contribution >= 0.6 is 11.6 Å². The molecule has 0 aromatic heterocycles. The van der Waals surface area contributed by atoms with Gasteiger partial charge in [0.15, 0.2) is 17.7 Å². The van der Waals surface area contributed by atoms with E-state index in [0.29, 0.717) is 12.1 Å². The Kier molecular flexibility index (Phi) is 6.36. The molecule has 0 spiro atoms. The van der Waals surface area contributed by atoms with Gasteiger partial charge in [0, 0.05) is 5.69 Å². The van der Waals surface area contributed by atoms with Crippen LogP contribution in [0.15, 0.2) is 42.5 Å². The number of amides is 1. The van der Waals surface area contributed by atoms with Crippen LogP contribution in [0.4, 0.5) is 10.1 Å². The first-order chi connectivity index (χ1) is 12.0. The summed E-state index contributed by atoms with van der Waals surface area (Å²) in [5.74, 6) is -1.64. The lowest BCUT2D eigenvalue weighted by Crippen LogP contribution is -2.32. The van der Waals surface area contributed by atoms with Crippen LogP contribution in [-0.4, -0.2) is 25.1 Å². The molecule has 0 fully saturated rings. The normalized spacial score (nSPS) is 11.5. The van der Waals surface area contributed by atoms with Crippen molar-refractivity contribution in [2.75, 3.05) is 12.4 Å². The van der Waals surface area contributed by atoms with E-state index in [1.807, 2.05) is 0 Å². The van der Waals surface area contributed by atoms with Gasteiger partial charge in [0.25, 0.3) is 5.91 Å². The van der Waals surface area contributed by atoms with Crippen molar-refractivity contribution in [3.05, 3.63) is 58.9 Å². The molecule has 2 aromatic rings. The monoisotopic (exact) mass is 365 g/mol. The molecule has 132 valence electrons. The van der Waals surface area contributed by atoms with E-state index in [2.05, 4.69) is 10.1 Å². The van der Waals surface area contributed by atoms with Crippen LogP contribution in [0.25, 0.3) is 0 Å². The van der Waals surface area contributed by atoms with E-state index in [-0.39, 0.29) is 16.3 Å². The fraction of sp³-hybridized carbons (Fsp3) is 0.222. The van der Waals surface area contributed by atoms with Crippen LogP contribution in [0, 0.1) is 5.82 Å². The Hall–Kier alpha value is -2.60. The Bertz CT molecular complexity index is 781. The number of rotatable bonds is 6. The molecule has 1 amide bonds. The maximum Gasteiger partial charge on any atom is 0.339 e. The van der Waals surface area contributed by atoms with Gasteiger partial charge in [-0.25, -0.2) is 9.18 Å². The van der Waals surface area contributed by atoms with E-state index in [9.17, 15) is 14.0 Å². The van der Waals surface area contributed by atoms with Crippen LogP contribution in [0.1, 0.15) is 23.7 Å². The van der Waals surface area contributed by atoms with Gasteiger partial charge in [0.05, 0.1) is 17.7 Å². The molecule has 0 unspecified atom stereocenters. The number of nitrogens with one attached hydrogen (secondary N) is 1. The van der Waals surface area contributed by atoms with Crippen molar-refractivity contribution >= 4 is 29.2 Å². The molecule has 0 bridgehead atoms. The molecule has 5 nitrogen and oxygen atoms in total. The van der Waals surface area contributed by atoms with Gasteiger partial charge in [-0.1, -0.05) is 30.7 Å². The van der Waals surface area contributed by atoms with Crippen LogP contribution in [0.2, 0.25) is 5.02 Å². The zero-order valence-electron chi connectivity index (χ0n) is 13.7. The molecule has 0 saturated carbocycles. The summed E-state index contributed by atoms with van der Waals surface area (Å²) < 4.78 is 23.8. The number of para-hydroxylation sites is 1. The highest BCUT2D eigenvalue weighted by atomic mass is 35.5. The molecule has 7 heteroatoms. The van der Waals surface area contributed by atoms with Gasteiger partial charge in [-0.2, -0.15) is 0 Å². The molecule has 0 saturated heterocycles. The number of anilines is 1. The molecule has 0 aliphatic heterocycles. The maximum atomic E-state index is 13.7. The first-order valence-corrected chi connectivity index (χ1v) is 7.94. The Morgan fingerprint density at radius 1 is 1.24 bits per heavy atom. The summed E-state index contributed by atoms with van der Waals surface area (Å²) in [7, 11) is 1.24. The molecule has 1 N–H and O–H groups in total. The average molecular weight is 366 g/mol. The SMILES string of the molecule is CC[C@@H](Oc1ccccc1F)C(=O)Nc1ccc(Cl)c(C(=O)OC)c1. The predicted molar refractivity (Wildman–Crippen MR) is 92.5 cm³/mol. The molecular weight excluding hydrogens is 349 g/mol. The van der Waals surface area contributed by atoms with Gasteiger partial charge in [-0.3, -0.25) is 4.79 Å². The Morgan fingerprint density at radius 2 is 1.96 bits per heavy atom. The smallest absolute Gasteiger partial charge is 0.339 e. The standard InChI is InChI=1S/C18H17ClFNO4/c1-3-15(25-16-7-5-4-6-14(16)20)17(22)21-11-8-9-13(19)12(10-11)18(23)24-2/h4-10,15H,3H2,1-2H3,(H,21,22)/t15-/m1/s1. The van der Waals surface area contributed by atoms with Gasteiger partial charge in [-0.15, -0.1) is 0 Å². The van der Waals surface area contributed by atoms with Crippen molar-refractivity contribution in [1.82, 2.24) is 0 Å².